The molecule has 0 aliphatic carbocycles. The second-order valence-electron chi connectivity index (χ2n) is 16.7. The number of carbonyl (C=O) groups excluding carboxylic acids is 1. The number of phosphoric ester groups is 1. The third-order valence-electron chi connectivity index (χ3n) is 10.8. The highest BCUT2D eigenvalue weighted by Gasteiger charge is 2.25. The molecule has 0 saturated carbocycles. The number of hydrogen-bond acceptors (Lipinski definition) is 7. The molecule has 58 heavy (non-hydrogen) atoms. The topological polar surface area (TPSA) is 117 Å². The zero-order valence-corrected chi connectivity index (χ0v) is 39.2. The minimum atomic E-state index is -4.28. The number of phosphoric acid groups is 1. The molecule has 0 bridgehead atoms. The lowest BCUT2D eigenvalue weighted by atomic mass is 10.1. The van der Waals surface area contributed by atoms with Crippen molar-refractivity contribution in [3.8, 4) is 0 Å². The van der Waals surface area contributed by atoms with Crippen LogP contribution in [0.2, 0.25) is 0 Å². The Labute approximate surface area is 359 Å². The quantitative estimate of drug-likeness (QED) is 0.0269. The lowest BCUT2D eigenvalue weighted by Gasteiger charge is -2.20. The third-order valence-corrected chi connectivity index (χ3v) is 11.8. The minimum absolute atomic E-state index is 0.0948. The average Bonchev–Trinajstić information content (AvgIpc) is 3.21. The van der Waals surface area contributed by atoms with E-state index >= 15 is 0 Å². The fraction of sp³-hybridized carbons (Fsp3) is 0.898. The van der Waals surface area contributed by atoms with E-state index in [0.29, 0.717) is 13.0 Å². The van der Waals surface area contributed by atoms with Gasteiger partial charge in [0.25, 0.3) is 0 Å². The van der Waals surface area contributed by atoms with Crippen LogP contribution in [0.5, 0.6) is 0 Å². The molecule has 344 valence electrons. The van der Waals surface area contributed by atoms with Crippen molar-refractivity contribution in [2.75, 3.05) is 33.0 Å². The largest absolute Gasteiger partial charge is 0.472 e. The molecule has 2 unspecified atom stereocenters. The Morgan fingerprint density at radius 2 is 0.862 bits per heavy atom. The van der Waals surface area contributed by atoms with Crippen molar-refractivity contribution >= 4 is 13.8 Å². The second-order valence-corrected chi connectivity index (χ2v) is 18.1. The third kappa shape index (κ3) is 46.1. The molecule has 0 aliphatic rings. The molecule has 8 nitrogen and oxygen atoms in total. The summed E-state index contributed by atoms with van der Waals surface area (Å²) in [5.41, 5.74) is 5.38. The number of hydrogen-bond donors (Lipinski definition) is 2. The predicted octanol–water partition coefficient (Wildman–Crippen LogP) is 15.2. The minimum Gasteiger partial charge on any atom is -0.457 e. The van der Waals surface area contributed by atoms with Crippen LogP contribution in [0.1, 0.15) is 245 Å². The highest BCUT2D eigenvalue weighted by atomic mass is 31.2. The summed E-state index contributed by atoms with van der Waals surface area (Å²) in [5, 5.41) is 0. The van der Waals surface area contributed by atoms with Crippen LogP contribution in [0.4, 0.5) is 0 Å². The first-order valence-electron chi connectivity index (χ1n) is 24.8. The summed E-state index contributed by atoms with van der Waals surface area (Å²) in [4.78, 5) is 22.5. The lowest BCUT2D eigenvalue weighted by Crippen LogP contribution is -2.28. The van der Waals surface area contributed by atoms with E-state index < -0.39 is 13.9 Å². The monoisotopic (exact) mass is 842 g/mol. The molecule has 0 saturated heterocycles. The zero-order valence-electron chi connectivity index (χ0n) is 38.3. The van der Waals surface area contributed by atoms with Crippen LogP contribution in [-0.4, -0.2) is 49.9 Å². The molecule has 9 heteroatoms. The van der Waals surface area contributed by atoms with Gasteiger partial charge in [-0.3, -0.25) is 13.8 Å². The van der Waals surface area contributed by atoms with E-state index in [0.717, 1.165) is 32.1 Å². The van der Waals surface area contributed by atoms with E-state index in [1.54, 1.807) is 0 Å². The van der Waals surface area contributed by atoms with E-state index in [9.17, 15) is 14.3 Å². The van der Waals surface area contributed by atoms with Crippen molar-refractivity contribution in [2.24, 2.45) is 5.73 Å². The lowest BCUT2D eigenvalue weighted by molar-refractivity contribution is -0.154. The van der Waals surface area contributed by atoms with Crippen LogP contribution in [0.25, 0.3) is 0 Å². The standard InChI is InChI=1S/C49H96NO7P/c1-3-5-7-9-11-13-15-17-19-21-22-23-24-25-27-29-31-33-35-37-39-41-44-54-46-48(47-56-58(52,53)55-45-43-50)57-49(51)42-40-38-36-34-32-30-28-26-20-18-16-14-12-10-8-6-4-2/h18,20-22,48H,3-17,19,23-47,50H2,1-2H3,(H,52,53)/b20-18-,22-21-. The van der Waals surface area contributed by atoms with Gasteiger partial charge in [0.05, 0.1) is 19.8 Å². The van der Waals surface area contributed by atoms with Gasteiger partial charge in [0.2, 0.25) is 0 Å². The van der Waals surface area contributed by atoms with Crippen LogP contribution in [-0.2, 0) is 27.9 Å². The van der Waals surface area contributed by atoms with Crippen LogP contribution < -0.4 is 5.73 Å². The van der Waals surface area contributed by atoms with Gasteiger partial charge >= 0.3 is 13.8 Å². The molecule has 0 heterocycles. The van der Waals surface area contributed by atoms with Crippen molar-refractivity contribution in [1.82, 2.24) is 0 Å². The highest BCUT2D eigenvalue weighted by Crippen LogP contribution is 2.43. The van der Waals surface area contributed by atoms with E-state index in [1.807, 2.05) is 0 Å². The van der Waals surface area contributed by atoms with Gasteiger partial charge in [-0.1, -0.05) is 199 Å². The Bertz CT molecular complexity index is 946. The van der Waals surface area contributed by atoms with Gasteiger partial charge in [-0.25, -0.2) is 4.57 Å². The molecule has 0 spiro atoms. The van der Waals surface area contributed by atoms with Gasteiger partial charge in [0.15, 0.2) is 0 Å². The molecule has 0 aromatic rings. The van der Waals surface area contributed by atoms with Crippen molar-refractivity contribution in [3.63, 3.8) is 0 Å². The Balaban J connectivity index is 3.93. The highest BCUT2D eigenvalue weighted by molar-refractivity contribution is 7.47. The van der Waals surface area contributed by atoms with Gasteiger partial charge in [-0.15, -0.1) is 0 Å². The van der Waals surface area contributed by atoms with E-state index in [2.05, 4.69) is 38.2 Å². The molecule has 0 aromatic heterocycles. The maximum atomic E-state index is 12.6. The summed E-state index contributed by atoms with van der Waals surface area (Å²) in [6.07, 6.45) is 53.5. The SMILES string of the molecule is CCCCCCCC/C=C\CCCCCCCCCC(=O)OC(COCCCCCCCCCCCC/C=C\CCCCCCCCCC)COP(=O)(O)OCCN. The van der Waals surface area contributed by atoms with Gasteiger partial charge < -0.3 is 20.1 Å². The number of allylic oxidation sites excluding steroid dienone is 4. The maximum absolute atomic E-state index is 12.6. The normalized spacial score (nSPS) is 13.5. The fourth-order valence-electron chi connectivity index (χ4n) is 7.16. The summed E-state index contributed by atoms with van der Waals surface area (Å²) in [6.45, 7) is 4.95. The van der Waals surface area contributed by atoms with Gasteiger partial charge in [0, 0.05) is 19.6 Å². The number of carbonyl (C=O) groups is 1. The zero-order chi connectivity index (χ0) is 42.3. The summed E-state index contributed by atoms with van der Waals surface area (Å²) in [5.74, 6) is -0.332. The number of unbranched alkanes of at least 4 members (excludes halogenated alkanes) is 31. The fourth-order valence-corrected chi connectivity index (χ4v) is 7.93. The maximum Gasteiger partial charge on any atom is 0.472 e. The second kappa shape index (κ2) is 47.0. The molecule has 3 N–H and O–H groups in total. The van der Waals surface area contributed by atoms with E-state index in [4.69, 9.17) is 24.3 Å². The van der Waals surface area contributed by atoms with Crippen LogP contribution in [0, 0.1) is 0 Å². The number of esters is 1. The Morgan fingerprint density at radius 3 is 1.26 bits per heavy atom. The van der Waals surface area contributed by atoms with Crippen molar-refractivity contribution < 1.29 is 32.8 Å². The smallest absolute Gasteiger partial charge is 0.457 e. The number of nitrogens with two attached hydrogens (primary N) is 1. The molecule has 0 fully saturated rings. The van der Waals surface area contributed by atoms with Crippen LogP contribution in [0.3, 0.4) is 0 Å². The molecule has 0 aromatic carbocycles. The molecule has 0 amide bonds. The average molecular weight is 842 g/mol. The first-order chi connectivity index (χ1) is 28.4. The van der Waals surface area contributed by atoms with E-state index in [-0.39, 0.29) is 32.3 Å². The molecule has 0 rings (SSSR count). The number of ether oxygens (including phenoxy) is 2. The first-order valence-corrected chi connectivity index (χ1v) is 26.3. The Morgan fingerprint density at radius 1 is 0.500 bits per heavy atom. The van der Waals surface area contributed by atoms with Gasteiger partial charge in [-0.05, 0) is 64.2 Å². The van der Waals surface area contributed by atoms with E-state index in [1.165, 1.54) is 193 Å². The molecular formula is C49H96NO7P. The van der Waals surface area contributed by atoms with Crippen LogP contribution >= 0.6 is 7.82 Å². The van der Waals surface area contributed by atoms with Crippen molar-refractivity contribution in [1.29, 1.82) is 0 Å². The summed E-state index contributed by atoms with van der Waals surface area (Å²) < 4.78 is 33.5. The molecule has 0 aliphatic heterocycles. The Hall–Kier alpha value is -1.02. The summed E-state index contributed by atoms with van der Waals surface area (Å²) in [7, 11) is -4.28. The van der Waals surface area contributed by atoms with Crippen LogP contribution in [0.15, 0.2) is 24.3 Å². The summed E-state index contributed by atoms with van der Waals surface area (Å²) >= 11 is 0. The molecular weight excluding hydrogens is 746 g/mol. The first kappa shape index (κ1) is 57.0. The molecule has 0 radical (unpaired) electrons. The van der Waals surface area contributed by atoms with Gasteiger partial charge in [-0.2, -0.15) is 0 Å². The summed E-state index contributed by atoms with van der Waals surface area (Å²) in [6, 6.07) is 0. The van der Waals surface area contributed by atoms with Crippen molar-refractivity contribution in [2.45, 2.75) is 251 Å². The van der Waals surface area contributed by atoms with Crippen molar-refractivity contribution in [3.05, 3.63) is 24.3 Å². The van der Waals surface area contributed by atoms with Gasteiger partial charge in [0.1, 0.15) is 6.10 Å². The number of rotatable bonds is 48. The Kier molecular flexibility index (Phi) is 46.2. The predicted molar refractivity (Wildman–Crippen MR) is 247 cm³/mol. The molecule has 2 atom stereocenters.